The summed E-state index contributed by atoms with van der Waals surface area (Å²) in [6.07, 6.45) is 3.43. The summed E-state index contributed by atoms with van der Waals surface area (Å²) in [5.74, 6) is 1.48. The first-order valence-corrected chi connectivity index (χ1v) is 17.7. The Kier molecular flexibility index (Phi) is 10.0. The number of hydrogen-bond donors (Lipinski definition) is 0. The Labute approximate surface area is 303 Å². The van der Waals surface area contributed by atoms with E-state index in [4.69, 9.17) is 38.1 Å². The van der Waals surface area contributed by atoms with Crippen LogP contribution in [0.3, 0.4) is 0 Å². The molecule has 0 spiro atoms. The van der Waals surface area contributed by atoms with E-state index < -0.39 is 6.04 Å². The van der Waals surface area contributed by atoms with Gasteiger partial charge >= 0.3 is 0 Å². The van der Waals surface area contributed by atoms with Crippen molar-refractivity contribution < 1.29 is 14.3 Å². The van der Waals surface area contributed by atoms with Crippen LogP contribution in [-0.2, 0) is 18.9 Å². The fourth-order valence-corrected chi connectivity index (χ4v) is 8.09. The normalized spacial score (nSPS) is 16.2. The molecule has 3 atom stereocenters. The molecule has 262 valence electrons. The second-order valence-electron chi connectivity index (χ2n) is 13.6. The number of aryl methyl sites for hydroxylation is 5. The zero-order chi connectivity index (χ0) is 36.0. The van der Waals surface area contributed by atoms with Crippen molar-refractivity contribution in [3.63, 3.8) is 0 Å². The lowest BCUT2D eigenvalue weighted by Crippen LogP contribution is -2.47. The molecule has 1 aliphatic heterocycles. The van der Waals surface area contributed by atoms with Gasteiger partial charge in [0.15, 0.2) is 5.82 Å². The molecule has 0 N–H and O–H groups in total. The van der Waals surface area contributed by atoms with Gasteiger partial charge in [0.2, 0.25) is 0 Å². The molecule has 1 aliphatic rings. The summed E-state index contributed by atoms with van der Waals surface area (Å²) >= 11 is 13.5. The van der Waals surface area contributed by atoms with Gasteiger partial charge in [0.25, 0.3) is 0 Å². The number of hydrogen-bond acceptors (Lipinski definition) is 7. The minimum atomic E-state index is -0.426. The fourth-order valence-electron chi connectivity index (χ4n) is 7.73. The molecule has 0 fully saturated rings. The quantitative estimate of drug-likeness (QED) is 0.0952. The molecule has 2 aromatic heterocycles. The van der Waals surface area contributed by atoms with Crippen molar-refractivity contribution in [2.75, 3.05) is 30.0 Å². The SMILES string of the molecule is Cc1cc(OCCCC2c3ccc(Cl)c(-c4c(C)nn(C)c4C)c3N([C@H](C)CN(C)c3nn(C)c4ccc(C=O)cc34)C2C=O)cc(C)c1Cl. The van der Waals surface area contributed by atoms with Crippen molar-refractivity contribution in [3.05, 3.63) is 86.2 Å². The van der Waals surface area contributed by atoms with Gasteiger partial charge in [-0.2, -0.15) is 10.2 Å². The van der Waals surface area contributed by atoms with E-state index in [2.05, 4.69) is 22.8 Å². The number of ether oxygens (including phenoxy) is 1. The highest BCUT2D eigenvalue weighted by molar-refractivity contribution is 6.34. The van der Waals surface area contributed by atoms with Gasteiger partial charge in [-0.05, 0) is 101 Å². The standard InChI is InChI=1S/C39H44Cl2N6O3/c1-22-16-28(17-23(2)37(22)41)50-15-9-10-29-30-12-13-32(40)36(35-25(4)42-45(7)26(35)5)38(30)47(34(29)21-49)24(3)19-44(6)39-31-18-27(20-48)11-14-33(31)46(8)43-39/h11-14,16-18,20-21,24,29,34H,9-10,15,19H2,1-8H3/t24-,29?,34?/m1/s1. The van der Waals surface area contributed by atoms with Crippen molar-refractivity contribution in [2.24, 2.45) is 14.1 Å². The van der Waals surface area contributed by atoms with Crippen LogP contribution in [0.2, 0.25) is 10.0 Å². The highest BCUT2D eigenvalue weighted by Gasteiger charge is 2.43. The molecule has 0 saturated heterocycles. The molecule has 9 nitrogen and oxygen atoms in total. The number of anilines is 2. The van der Waals surface area contributed by atoms with Gasteiger partial charge in [-0.3, -0.25) is 14.2 Å². The zero-order valence-electron chi connectivity index (χ0n) is 29.9. The molecule has 3 aromatic carbocycles. The van der Waals surface area contributed by atoms with Gasteiger partial charge < -0.3 is 19.3 Å². The van der Waals surface area contributed by atoms with E-state index in [1.807, 2.05) is 88.5 Å². The maximum absolute atomic E-state index is 13.2. The average Bonchev–Trinajstić information content (AvgIpc) is 3.68. The van der Waals surface area contributed by atoms with E-state index in [9.17, 15) is 9.59 Å². The Morgan fingerprint density at radius 1 is 0.960 bits per heavy atom. The third-order valence-electron chi connectivity index (χ3n) is 10.2. The number of benzene rings is 3. The molecular weight excluding hydrogens is 671 g/mol. The highest BCUT2D eigenvalue weighted by Crippen LogP contribution is 2.52. The van der Waals surface area contributed by atoms with Crippen LogP contribution in [0.5, 0.6) is 5.75 Å². The van der Waals surface area contributed by atoms with E-state index in [1.165, 1.54) is 0 Å². The number of carbonyl (C=O) groups is 2. The first-order chi connectivity index (χ1) is 23.9. The van der Waals surface area contributed by atoms with Crippen LogP contribution in [0, 0.1) is 27.7 Å². The summed E-state index contributed by atoms with van der Waals surface area (Å²) in [7, 11) is 5.84. The largest absolute Gasteiger partial charge is 0.494 e. The second kappa shape index (κ2) is 14.1. The molecule has 6 rings (SSSR count). The van der Waals surface area contributed by atoms with Gasteiger partial charge in [-0.1, -0.05) is 29.3 Å². The molecule has 3 heterocycles. The monoisotopic (exact) mass is 714 g/mol. The van der Waals surface area contributed by atoms with Crippen LogP contribution < -0.4 is 14.5 Å². The average molecular weight is 716 g/mol. The molecule has 0 aliphatic carbocycles. The lowest BCUT2D eigenvalue weighted by Gasteiger charge is -2.36. The molecule has 50 heavy (non-hydrogen) atoms. The number of carbonyl (C=O) groups excluding carboxylic acids is 2. The van der Waals surface area contributed by atoms with Crippen molar-refractivity contribution in [3.8, 4) is 16.9 Å². The number of rotatable bonds is 12. The number of aromatic nitrogens is 4. The number of likely N-dealkylation sites (N-methyl/N-ethyl adjacent to an activating group) is 1. The smallest absolute Gasteiger partial charge is 0.158 e. The predicted molar refractivity (Wildman–Crippen MR) is 203 cm³/mol. The van der Waals surface area contributed by atoms with Crippen LogP contribution in [0.1, 0.15) is 64.1 Å². The summed E-state index contributed by atoms with van der Waals surface area (Å²) in [4.78, 5) is 29.2. The van der Waals surface area contributed by atoms with Crippen molar-refractivity contribution in [2.45, 2.75) is 65.5 Å². The van der Waals surface area contributed by atoms with Gasteiger partial charge in [-0.15, -0.1) is 0 Å². The molecule has 0 saturated carbocycles. The second-order valence-corrected chi connectivity index (χ2v) is 14.4. The Balaban J connectivity index is 1.36. The minimum Gasteiger partial charge on any atom is -0.494 e. The summed E-state index contributed by atoms with van der Waals surface area (Å²) in [6, 6.07) is 13.0. The summed E-state index contributed by atoms with van der Waals surface area (Å²) in [6.45, 7) is 11.2. The Bertz CT molecular complexity index is 2080. The van der Waals surface area contributed by atoms with E-state index >= 15 is 0 Å². The molecule has 0 bridgehead atoms. The van der Waals surface area contributed by atoms with Crippen LogP contribution in [0.4, 0.5) is 11.5 Å². The van der Waals surface area contributed by atoms with E-state index in [0.717, 1.165) is 97.8 Å². The van der Waals surface area contributed by atoms with Crippen molar-refractivity contribution in [1.29, 1.82) is 0 Å². The van der Waals surface area contributed by atoms with Crippen molar-refractivity contribution in [1.82, 2.24) is 19.6 Å². The van der Waals surface area contributed by atoms with E-state index in [0.29, 0.717) is 23.7 Å². The first-order valence-electron chi connectivity index (χ1n) is 16.9. The summed E-state index contributed by atoms with van der Waals surface area (Å²) < 4.78 is 9.89. The van der Waals surface area contributed by atoms with E-state index in [-0.39, 0.29) is 12.0 Å². The lowest BCUT2D eigenvalue weighted by molar-refractivity contribution is -0.109. The Morgan fingerprint density at radius 3 is 2.32 bits per heavy atom. The van der Waals surface area contributed by atoms with Crippen molar-refractivity contribution >= 4 is 58.2 Å². The molecular formula is C39H44Cl2N6O3. The number of nitrogens with zero attached hydrogens (tertiary/aromatic N) is 6. The van der Waals surface area contributed by atoms with Gasteiger partial charge in [0.1, 0.15) is 18.3 Å². The van der Waals surface area contributed by atoms with Crippen LogP contribution in [0.15, 0.2) is 42.5 Å². The molecule has 2 unspecified atom stereocenters. The van der Waals surface area contributed by atoms with Crippen LogP contribution >= 0.6 is 23.2 Å². The number of fused-ring (bicyclic) bond motifs is 2. The lowest BCUT2D eigenvalue weighted by atomic mass is 9.89. The first kappa shape index (κ1) is 35.5. The summed E-state index contributed by atoms with van der Waals surface area (Å²) in [5, 5.41) is 11.8. The molecule has 0 radical (unpaired) electrons. The van der Waals surface area contributed by atoms with Gasteiger partial charge in [0.05, 0.1) is 34.6 Å². The minimum absolute atomic E-state index is 0.0772. The topological polar surface area (TPSA) is 85.5 Å². The third kappa shape index (κ3) is 6.26. The van der Waals surface area contributed by atoms with Gasteiger partial charge in [0, 0.05) is 72.4 Å². The highest BCUT2D eigenvalue weighted by atomic mass is 35.5. The Hall–Kier alpha value is -4.34. The third-order valence-corrected chi connectivity index (χ3v) is 11.1. The maximum atomic E-state index is 13.2. The predicted octanol–water partition coefficient (Wildman–Crippen LogP) is 8.18. The summed E-state index contributed by atoms with van der Waals surface area (Å²) in [5.41, 5.74) is 9.32. The maximum Gasteiger partial charge on any atom is 0.158 e. The molecule has 0 amide bonds. The molecule has 5 aromatic rings. The zero-order valence-corrected chi connectivity index (χ0v) is 31.4. The number of aldehydes is 2. The fraction of sp³-hybridized carbons (Fsp3) is 0.385. The number of halogens is 2. The van der Waals surface area contributed by atoms with E-state index in [1.54, 1.807) is 6.07 Å². The van der Waals surface area contributed by atoms with Crippen LogP contribution in [-0.4, -0.2) is 64.4 Å². The molecule has 11 heteroatoms. The van der Waals surface area contributed by atoms with Gasteiger partial charge in [-0.25, -0.2) is 0 Å². The Morgan fingerprint density at radius 2 is 1.68 bits per heavy atom. The van der Waals surface area contributed by atoms with Crippen LogP contribution in [0.25, 0.3) is 22.0 Å².